The van der Waals surface area contributed by atoms with Crippen molar-refractivity contribution in [1.29, 1.82) is 0 Å². The van der Waals surface area contributed by atoms with Gasteiger partial charge in [-0.05, 0) is 99.4 Å². The zero-order valence-electron chi connectivity index (χ0n) is 32.4. The van der Waals surface area contributed by atoms with Gasteiger partial charge in [0, 0.05) is 16.6 Å². The molecule has 0 saturated carbocycles. The van der Waals surface area contributed by atoms with E-state index >= 15 is 0 Å². The van der Waals surface area contributed by atoms with Crippen LogP contribution in [0.15, 0.2) is 221 Å². The van der Waals surface area contributed by atoms with E-state index in [1.165, 1.54) is 27.8 Å². The Balaban J connectivity index is 1.20. The second kappa shape index (κ2) is 13.5. The van der Waals surface area contributed by atoms with Crippen molar-refractivity contribution in [3.63, 3.8) is 0 Å². The second-order valence-electron chi connectivity index (χ2n) is 15.3. The van der Waals surface area contributed by atoms with Crippen molar-refractivity contribution >= 4 is 50.0 Å². The van der Waals surface area contributed by atoms with Crippen LogP contribution >= 0.6 is 0 Å². The van der Waals surface area contributed by atoms with Gasteiger partial charge in [-0.15, -0.1) is 0 Å². The zero-order valence-corrected chi connectivity index (χ0v) is 32.4. The largest absolute Gasteiger partial charge is 0.436 e. The van der Waals surface area contributed by atoms with Gasteiger partial charge in [-0.3, -0.25) is 0 Å². The van der Waals surface area contributed by atoms with Crippen molar-refractivity contribution in [2.75, 3.05) is 4.90 Å². The zero-order chi connectivity index (χ0) is 39.6. The number of aromatic nitrogens is 2. The van der Waals surface area contributed by atoms with Gasteiger partial charge in [0.05, 0.1) is 22.4 Å². The quantitative estimate of drug-likeness (QED) is 0.162. The Labute approximate surface area is 346 Å². The first kappa shape index (κ1) is 34.1. The highest BCUT2D eigenvalue weighted by molar-refractivity contribution is 6.07. The van der Waals surface area contributed by atoms with Crippen LogP contribution < -0.4 is 4.90 Å². The Morgan fingerprint density at radius 2 is 0.900 bits per heavy atom. The van der Waals surface area contributed by atoms with Crippen LogP contribution in [0.5, 0.6) is 0 Å². The minimum absolute atomic E-state index is 0.553. The summed E-state index contributed by atoms with van der Waals surface area (Å²) in [5, 5.41) is 2.08. The van der Waals surface area contributed by atoms with Gasteiger partial charge in [-0.1, -0.05) is 152 Å². The second-order valence-corrected chi connectivity index (χ2v) is 15.3. The van der Waals surface area contributed by atoms with Crippen molar-refractivity contribution in [1.82, 2.24) is 9.97 Å². The van der Waals surface area contributed by atoms with Gasteiger partial charge in [0.15, 0.2) is 11.2 Å². The molecule has 0 spiro atoms. The van der Waals surface area contributed by atoms with E-state index in [2.05, 4.69) is 169 Å². The van der Waals surface area contributed by atoms with Gasteiger partial charge < -0.3 is 13.7 Å². The van der Waals surface area contributed by atoms with Crippen LogP contribution in [0.4, 0.5) is 17.1 Å². The standard InChI is InChI=1S/C55H35N3O2/c1-4-18-36(19-5-1)55(37-20-6-2-7-21-37)45-27-13-12-25-40(45)43-34-44(54-57-48-29-15-17-31-52(48)60-54)50(35-46(43)55)58(38-22-8-3-9-23-38)49-33-32-42(39-24-10-11-26-41(39)49)53-56-47-28-14-16-30-51(47)59-53/h1-35H. The first-order chi connectivity index (χ1) is 29.8. The van der Waals surface area contributed by atoms with E-state index in [9.17, 15) is 0 Å². The molecule has 0 atom stereocenters. The Hall–Kier alpha value is -8.02. The van der Waals surface area contributed by atoms with Gasteiger partial charge in [0.2, 0.25) is 11.8 Å². The van der Waals surface area contributed by atoms with E-state index in [0.717, 1.165) is 66.7 Å². The minimum Gasteiger partial charge on any atom is -0.436 e. The van der Waals surface area contributed by atoms with Crippen molar-refractivity contribution in [3.05, 3.63) is 235 Å². The summed E-state index contributed by atoms with van der Waals surface area (Å²) in [6, 6.07) is 74.7. The molecule has 1 aliphatic rings. The molecule has 0 fully saturated rings. The Bertz CT molecular complexity index is 3280. The molecule has 0 unspecified atom stereocenters. The summed E-state index contributed by atoms with van der Waals surface area (Å²) < 4.78 is 13.1. The van der Waals surface area contributed by atoms with E-state index < -0.39 is 5.41 Å². The molecule has 11 aromatic rings. The Morgan fingerprint density at radius 3 is 1.55 bits per heavy atom. The van der Waals surface area contributed by atoms with Crippen molar-refractivity contribution in [2.24, 2.45) is 0 Å². The molecule has 0 saturated heterocycles. The molecule has 0 radical (unpaired) electrons. The molecule has 12 rings (SSSR count). The van der Waals surface area contributed by atoms with Gasteiger partial charge in [-0.25, -0.2) is 9.97 Å². The first-order valence-corrected chi connectivity index (χ1v) is 20.2. The lowest BCUT2D eigenvalue weighted by Gasteiger charge is -2.35. The third-order valence-corrected chi connectivity index (χ3v) is 12.0. The fourth-order valence-corrected chi connectivity index (χ4v) is 9.46. The molecule has 60 heavy (non-hydrogen) atoms. The number of nitrogens with zero attached hydrogens (tertiary/aromatic N) is 3. The van der Waals surface area contributed by atoms with Crippen LogP contribution in [0.2, 0.25) is 0 Å². The number of oxazole rings is 2. The van der Waals surface area contributed by atoms with Crippen LogP contribution in [0.25, 0.3) is 67.0 Å². The molecule has 282 valence electrons. The molecule has 1 aliphatic carbocycles. The van der Waals surface area contributed by atoms with E-state index in [-0.39, 0.29) is 0 Å². The number of benzene rings is 9. The molecule has 0 N–H and O–H groups in total. The van der Waals surface area contributed by atoms with Crippen LogP contribution in [0, 0.1) is 0 Å². The van der Waals surface area contributed by atoms with E-state index in [0.29, 0.717) is 11.8 Å². The molecular weight excluding hydrogens is 735 g/mol. The van der Waals surface area contributed by atoms with E-state index in [1.54, 1.807) is 0 Å². The number of rotatable bonds is 7. The van der Waals surface area contributed by atoms with Crippen molar-refractivity contribution < 1.29 is 8.83 Å². The third-order valence-electron chi connectivity index (χ3n) is 12.0. The number of anilines is 3. The fourth-order valence-electron chi connectivity index (χ4n) is 9.46. The number of hydrogen-bond acceptors (Lipinski definition) is 5. The predicted molar refractivity (Wildman–Crippen MR) is 242 cm³/mol. The summed E-state index contributed by atoms with van der Waals surface area (Å²) in [4.78, 5) is 12.5. The van der Waals surface area contributed by atoms with Gasteiger partial charge in [0.1, 0.15) is 11.0 Å². The topological polar surface area (TPSA) is 55.3 Å². The number of fused-ring (bicyclic) bond motifs is 6. The van der Waals surface area contributed by atoms with Gasteiger partial charge >= 0.3 is 0 Å². The number of hydrogen-bond donors (Lipinski definition) is 0. The van der Waals surface area contributed by atoms with Crippen LogP contribution in [0.1, 0.15) is 22.3 Å². The molecule has 2 heterocycles. The van der Waals surface area contributed by atoms with E-state index in [4.69, 9.17) is 18.8 Å². The SMILES string of the molecule is c1ccc(N(c2cc3c(cc2-c2nc4ccccc4o2)-c2ccccc2C3(c2ccccc2)c2ccccc2)c2ccc(-c3nc4ccccc4o3)c3ccccc23)cc1. The molecular formula is C55H35N3O2. The molecule has 0 aliphatic heterocycles. The van der Waals surface area contributed by atoms with Gasteiger partial charge in [-0.2, -0.15) is 0 Å². The monoisotopic (exact) mass is 769 g/mol. The molecule has 5 nitrogen and oxygen atoms in total. The predicted octanol–water partition coefficient (Wildman–Crippen LogP) is 14.3. The molecule has 0 bridgehead atoms. The molecule has 5 heteroatoms. The summed E-state index contributed by atoms with van der Waals surface area (Å²) in [6.45, 7) is 0. The average molecular weight is 770 g/mol. The van der Waals surface area contributed by atoms with Crippen molar-refractivity contribution in [3.8, 4) is 34.0 Å². The summed E-state index contributed by atoms with van der Waals surface area (Å²) >= 11 is 0. The van der Waals surface area contributed by atoms with E-state index in [1.807, 2.05) is 48.5 Å². The normalized spacial score (nSPS) is 12.8. The third kappa shape index (κ3) is 5.12. The summed E-state index contributed by atoms with van der Waals surface area (Å²) in [7, 11) is 0. The summed E-state index contributed by atoms with van der Waals surface area (Å²) in [5.74, 6) is 1.14. The number of para-hydroxylation sites is 5. The maximum Gasteiger partial charge on any atom is 0.229 e. The van der Waals surface area contributed by atoms with Gasteiger partial charge in [0.25, 0.3) is 0 Å². The summed E-state index contributed by atoms with van der Waals surface area (Å²) in [6.07, 6.45) is 0. The smallest absolute Gasteiger partial charge is 0.229 e. The lowest BCUT2D eigenvalue weighted by atomic mass is 9.67. The van der Waals surface area contributed by atoms with Crippen molar-refractivity contribution in [2.45, 2.75) is 5.41 Å². The lowest BCUT2D eigenvalue weighted by Crippen LogP contribution is -2.28. The average Bonchev–Trinajstić information content (AvgIpc) is 4.03. The lowest BCUT2D eigenvalue weighted by molar-refractivity contribution is 0.620. The highest BCUT2D eigenvalue weighted by Gasteiger charge is 2.47. The maximum atomic E-state index is 6.72. The Kier molecular flexibility index (Phi) is 7.69. The highest BCUT2D eigenvalue weighted by atomic mass is 16.4. The first-order valence-electron chi connectivity index (χ1n) is 20.2. The fraction of sp³-hybridized carbons (Fsp3) is 0.0182. The van der Waals surface area contributed by atoms with Crippen LogP contribution in [-0.2, 0) is 5.41 Å². The summed E-state index contributed by atoms with van der Waals surface area (Å²) in [5.41, 5.74) is 14.4. The molecule has 2 aromatic heterocycles. The highest BCUT2D eigenvalue weighted by Crippen LogP contribution is 2.59. The molecule has 0 amide bonds. The Morgan fingerprint density at radius 1 is 0.367 bits per heavy atom. The molecule has 9 aromatic carbocycles. The maximum absolute atomic E-state index is 6.72. The minimum atomic E-state index is -0.621. The van der Waals surface area contributed by atoms with Crippen LogP contribution in [0.3, 0.4) is 0 Å². The van der Waals surface area contributed by atoms with Crippen LogP contribution in [-0.4, -0.2) is 9.97 Å².